The summed E-state index contributed by atoms with van der Waals surface area (Å²) in [5.41, 5.74) is 3.26. The fourth-order valence-corrected chi connectivity index (χ4v) is 4.31. The van der Waals surface area contributed by atoms with Gasteiger partial charge in [0.25, 0.3) is 0 Å². The quantitative estimate of drug-likeness (QED) is 0.431. The minimum Gasteiger partial charge on any atom is -0.375 e. The summed E-state index contributed by atoms with van der Waals surface area (Å²) >= 11 is 0. The molecule has 0 amide bonds. The molecular weight excluding hydrogens is 352 g/mol. The van der Waals surface area contributed by atoms with Gasteiger partial charge in [0.1, 0.15) is 31.3 Å². The summed E-state index contributed by atoms with van der Waals surface area (Å²) in [6.07, 6.45) is 3.50. The van der Waals surface area contributed by atoms with Gasteiger partial charge in [-0.1, -0.05) is 0 Å². The molecule has 2 atom stereocenters. The molecule has 28 heavy (non-hydrogen) atoms. The molecule has 7 heteroatoms. The number of quaternary nitrogens is 2. The SMILES string of the molecule is CC[NH+](CC)CCNc1[nH+]c(NC[C@H]2CCCO2)c2c(c1C#N)CC[NH+](C)C2. The first-order chi connectivity index (χ1) is 13.7. The van der Waals surface area contributed by atoms with Gasteiger partial charge in [0.15, 0.2) is 0 Å². The molecule has 0 spiro atoms. The van der Waals surface area contributed by atoms with E-state index >= 15 is 0 Å². The number of ether oxygens (including phenoxy) is 1. The maximum Gasteiger partial charge on any atom is 0.237 e. The molecule has 3 heterocycles. The van der Waals surface area contributed by atoms with Crippen LogP contribution in [0.15, 0.2) is 0 Å². The van der Waals surface area contributed by atoms with Crippen LogP contribution in [0.1, 0.15) is 43.4 Å². The highest BCUT2D eigenvalue weighted by Gasteiger charge is 2.29. The van der Waals surface area contributed by atoms with Gasteiger partial charge in [-0.15, -0.1) is 0 Å². The van der Waals surface area contributed by atoms with Crippen molar-refractivity contribution >= 4 is 11.6 Å². The predicted octanol–water partition coefficient (Wildman–Crippen LogP) is -1.13. The van der Waals surface area contributed by atoms with Crippen molar-refractivity contribution in [2.75, 3.05) is 63.6 Å². The largest absolute Gasteiger partial charge is 0.375 e. The number of hydrogen-bond acceptors (Lipinski definition) is 4. The van der Waals surface area contributed by atoms with Crippen molar-refractivity contribution < 1.29 is 19.5 Å². The third-order valence-electron chi connectivity index (χ3n) is 6.17. The van der Waals surface area contributed by atoms with Gasteiger partial charge in [0.2, 0.25) is 11.6 Å². The molecule has 154 valence electrons. The van der Waals surface area contributed by atoms with Crippen molar-refractivity contribution in [2.45, 2.75) is 45.8 Å². The number of H-pyrrole nitrogens is 1. The van der Waals surface area contributed by atoms with E-state index in [1.54, 1.807) is 4.90 Å². The zero-order valence-corrected chi connectivity index (χ0v) is 17.7. The normalized spacial score (nSPS) is 21.4. The van der Waals surface area contributed by atoms with Crippen molar-refractivity contribution in [3.63, 3.8) is 0 Å². The van der Waals surface area contributed by atoms with E-state index in [1.165, 1.54) is 16.0 Å². The highest BCUT2D eigenvalue weighted by atomic mass is 16.5. The third-order valence-corrected chi connectivity index (χ3v) is 6.17. The van der Waals surface area contributed by atoms with E-state index in [4.69, 9.17) is 4.74 Å². The van der Waals surface area contributed by atoms with Crippen molar-refractivity contribution in [3.8, 4) is 6.07 Å². The summed E-state index contributed by atoms with van der Waals surface area (Å²) in [5.74, 6) is 1.92. The molecule has 1 aromatic heterocycles. The van der Waals surface area contributed by atoms with Crippen molar-refractivity contribution in [1.29, 1.82) is 5.26 Å². The Balaban J connectivity index is 1.81. The fraction of sp³-hybridized carbons (Fsp3) is 0.714. The van der Waals surface area contributed by atoms with Gasteiger partial charge in [0, 0.05) is 13.0 Å². The number of aromatic nitrogens is 1. The first-order valence-corrected chi connectivity index (χ1v) is 10.9. The molecule has 0 aromatic carbocycles. The lowest BCUT2D eigenvalue weighted by Gasteiger charge is -2.25. The first kappa shape index (κ1) is 20.8. The number of nitrogens with zero attached hydrogens (tertiary/aromatic N) is 1. The summed E-state index contributed by atoms with van der Waals surface area (Å²) in [5, 5.41) is 17.0. The summed E-state index contributed by atoms with van der Waals surface area (Å²) in [4.78, 5) is 6.57. The summed E-state index contributed by atoms with van der Waals surface area (Å²) in [6, 6.07) is 2.47. The Morgan fingerprint density at radius 3 is 2.75 bits per heavy atom. The number of rotatable bonds is 9. The number of nitriles is 1. The lowest BCUT2D eigenvalue weighted by molar-refractivity contribution is -0.895. The highest BCUT2D eigenvalue weighted by Crippen LogP contribution is 2.25. The average Bonchev–Trinajstić information content (AvgIpc) is 3.23. The van der Waals surface area contributed by atoms with Crippen LogP contribution in [0.4, 0.5) is 11.6 Å². The van der Waals surface area contributed by atoms with Crippen LogP contribution >= 0.6 is 0 Å². The van der Waals surface area contributed by atoms with Crippen LogP contribution < -0.4 is 25.4 Å². The molecule has 2 aliphatic rings. The lowest BCUT2D eigenvalue weighted by atomic mass is 9.96. The molecule has 5 N–H and O–H groups in total. The molecule has 0 radical (unpaired) electrons. The lowest BCUT2D eigenvalue weighted by Crippen LogP contribution is -3.12. The van der Waals surface area contributed by atoms with Crippen molar-refractivity contribution in [3.05, 3.63) is 16.7 Å². The second kappa shape index (κ2) is 10.1. The minimum absolute atomic E-state index is 0.288. The molecule has 1 unspecified atom stereocenters. The maximum atomic E-state index is 9.87. The summed E-state index contributed by atoms with van der Waals surface area (Å²) in [6.45, 7) is 12.3. The van der Waals surface area contributed by atoms with E-state index in [1.807, 2.05) is 0 Å². The molecule has 1 fully saturated rings. The number of aromatic amines is 1. The van der Waals surface area contributed by atoms with Gasteiger partial charge >= 0.3 is 0 Å². The van der Waals surface area contributed by atoms with E-state index in [9.17, 15) is 5.26 Å². The van der Waals surface area contributed by atoms with Crippen LogP contribution in [0.2, 0.25) is 0 Å². The second-order valence-electron chi connectivity index (χ2n) is 8.10. The number of likely N-dealkylation sites (N-methyl/N-ethyl adjacent to an activating group) is 2. The van der Waals surface area contributed by atoms with Crippen molar-refractivity contribution in [1.82, 2.24) is 0 Å². The monoisotopic (exact) mass is 389 g/mol. The Morgan fingerprint density at radius 1 is 1.25 bits per heavy atom. The Morgan fingerprint density at radius 2 is 2.07 bits per heavy atom. The third kappa shape index (κ3) is 4.93. The van der Waals surface area contributed by atoms with Crippen LogP contribution in [0.3, 0.4) is 0 Å². The number of anilines is 2. The van der Waals surface area contributed by atoms with Gasteiger partial charge in [-0.25, -0.2) is 4.98 Å². The van der Waals surface area contributed by atoms with Gasteiger partial charge < -0.3 is 19.9 Å². The molecular formula is C21H37N6O+3. The number of hydrogen-bond donors (Lipinski definition) is 4. The van der Waals surface area contributed by atoms with Crippen LogP contribution in [0, 0.1) is 11.3 Å². The highest BCUT2D eigenvalue weighted by molar-refractivity contribution is 5.60. The van der Waals surface area contributed by atoms with E-state index in [0.717, 1.165) is 88.9 Å². The molecule has 0 saturated carbocycles. The van der Waals surface area contributed by atoms with E-state index in [-0.39, 0.29) is 6.10 Å². The number of pyridine rings is 1. The first-order valence-electron chi connectivity index (χ1n) is 10.9. The van der Waals surface area contributed by atoms with Crippen LogP contribution in [0.25, 0.3) is 0 Å². The van der Waals surface area contributed by atoms with Crippen LogP contribution in [0.5, 0.6) is 0 Å². The van der Waals surface area contributed by atoms with Gasteiger partial charge in [-0.2, -0.15) is 5.26 Å². The molecule has 2 aliphatic heterocycles. The average molecular weight is 390 g/mol. The number of nitrogens with one attached hydrogen (secondary N) is 5. The summed E-state index contributed by atoms with van der Waals surface area (Å²) < 4.78 is 5.78. The summed E-state index contributed by atoms with van der Waals surface area (Å²) in [7, 11) is 2.22. The minimum atomic E-state index is 0.288. The topological polar surface area (TPSA) is 80.1 Å². The second-order valence-corrected chi connectivity index (χ2v) is 8.10. The fourth-order valence-electron chi connectivity index (χ4n) is 4.31. The molecule has 0 bridgehead atoms. The van der Waals surface area contributed by atoms with Crippen LogP contribution in [-0.4, -0.2) is 59.0 Å². The molecule has 0 aliphatic carbocycles. The Labute approximate surface area is 169 Å². The predicted molar refractivity (Wildman–Crippen MR) is 110 cm³/mol. The standard InChI is InChI=1S/C21H34N6O/c1-4-27(5-2)11-9-23-20-18(13-22)17-8-10-26(3)15-19(17)21(25-20)24-14-16-7-6-12-28-16/h16H,4-12,14-15H2,1-3H3,(H2,23,24,25)/p+3/t16-/m1/s1. The Hall–Kier alpha value is -1.88. The zero-order valence-electron chi connectivity index (χ0n) is 17.7. The zero-order chi connectivity index (χ0) is 19.9. The molecule has 7 nitrogen and oxygen atoms in total. The van der Waals surface area contributed by atoms with E-state index < -0.39 is 0 Å². The maximum absolute atomic E-state index is 9.87. The molecule has 1 saturated heterocycles. The molecule has 3 rings (SSSR count). The van der Waals surface area contributed by atoms with E-state index in [0.29, 0.717) is 0 Å². The molecule has 1 aromatic rings. The van der Waals surface area contributed by atoms with Crippen molar-refractivity contribution in [2.24, 2.45) is 0 Å². The smallest absolute Gasteiger partial charge is 0.237 e. The van der Waals surface area contributed by atoms with Gasteiger partial charge in [0.05, 0.1) is 44.9 Å². The Kier molecular flexibility index (Phi) is 7.49. The van der Waals surface area contributed by atoms with Gasteiger partial charge in [-0.3, -0.25) is 5.32 Å². The van der Waals surface area contributed by atoms with E-state index in [2.05, 4.69) is 42.6 Å². The van der Waals surface area contributed by atoms with Gasteiger partial charge in [-0.05, 0) is 32.3 Å². The number of fused-ring (bicyclic) bond motifs is 1. The Bertz CT molecular complexity index is 691. The van der Waals surface area contributed by atoms with Crippen LogP contribution in [-0.2, 0) is 17.7 Å².